The van der Waals surface area contributed by atoms with E-state index >= 15 is 0 Å². The van der Waals surface area contributed by atoms with Gasteiger partial charge in [-0.1, -0.05) is 0 Å². The van der Waals surface area contributed by atoms with Crippen LogP contribution in [0.3, 0.4) is 0 Å². The third-order valence-electron chi connectivity index (χ3n) is 3.39. The summed E-state index contributed by atoms with van der Waals surface area (Å²) in [6, 6.07) is 0.340. The molecule has 0 aromatic carbocycles. The average molecular weight is 295 g/mol. The lowest BCUT2D eigenvalue weighted by atomic mass is 10.2. The van der Waals surface area contributed by atoms with E-state index < -0.39 is 0 Å². The first-order chi connectivity index (χ1) is 8.88. The number of aromatic nitrogens is 2. The molecule has 5 heteroatoms. The second-order valence-electron chi connectivity index (χ2n) is 5.01. The minimum atomic E-state index is 0.340. The Morgan fingerprint density at radius 3 is 2.16 bits per heavy atom. The molecular weight excluding hydrogens is 274 g/mol. The van der Waals surface area contributed by atoms with Crippen LogP contribution in [0.2, 0.25) is 0 Å². The zero-order valence-electron chi connectivity index (χ0n) is 12.4. The number of thiazole rings is 2. The summed E-state index contributed by atoms with van der Waals surface area (Å²) in [7, 11) is 2.16. The first-order valence-corrected chi connectivity index (χ1v) is 8.09. The van der Waals surface area contributed by atoms with Crippen molar-refractivity contribution in [3.05, 3.63) is 31.2 Å². The van der Waals surface area contributed by atoms with Gasteiger partial charge in [0.15, 0.2) is 0 Å². The van der Waals surface area contributed by atoms with Crippen LogP contribution in [0.15, 0.2) is 0 Å². The predicted octanol–water partition coefficient (Wildman–Crippen LogP) is 4.03. The second kappa shape index (κ2) is 5.69. The minimum absolute atomic E-state index is 0.340. The van der Waals surface area contributed by atoms with E-state index in [4.69, 9.17) is 0 Å². The van der Waals surface area contributed by atoms with Gasteiger partial charge < -0.3 is 0 Å². The number of rotatable bonds is 4. The zero-order chi connectivity index (χ0) is 14.2. The quantitative estimate of drug-likeness (QED) is 0.853. The van der Waals surface area contributed by atoms with Crippen molar-refractivity contribution in [2.24, 2.45) is 0 Å². The molecule has 0 bridgehead atoms. The van der Waals surface area contributed by atoms with E-state index in [2.05, 4.69) is 56.5 Å². The Bertz CT molecular complexity index is 571. The first-order valence-electron chi connectivity index (χ1n) is 6.45. The van der Waals surface area contributed by atoms with Crippen molar-refractivity contribution in [1.82, 2.24) is 14.9 Å². The van der Waals surface area contributed by atoms with Crippen molar-refractivity contribution in [3.63, 3.8) is 0 Å². The van der Waals surface area contributed by atoms with Crippen LogP contribution >= 0.6 is 22.7 Å². The Morgan fingerprint density at radius 2 is 1.68 bits per heavy atom. The van der Waals surface area contributed by atoms with Gasteiger partial charge in [-0.25, -0.2) is 9.97 Å². The SMILES string of the molecule is Cc1nc(C(C)N(C)Cc2sc(C)nc2C)c(C)s1. The lowest BCUT2D eigenvalue weighted by Crippen LogP contribution is -2.22. The fourth-order valence-electron chi connectivity index (χ4n) is 2.22. The van der Waals surface area contributed by atoms with Gasteiger partial charge in [0, 0.05) is 16.3 Å². The van der Waals surface area contributed by atoms with Crippen LogP contribution in [0.25, 0.3) is 0 Å². The molecule has 1 atom stereocenters. The standard InChI is InChI=1S/C14H21N3S2/c1-8-13(19-11(4)15-8)7-17(6)9(2)14-10(3)18-12(5)16-14/h9H,7H2,1-6H3. The molecular formula is C14H21N3S2. The molecule has 0 aliphatic heterocycles. The molecule has 3 nitrogen and oxygen atoms in total. The van der Waals surface area contributed by atoms with Gasteiger partial charge in [0.25, 0.3) is 0 Å². The van der Waals surface area contributed by atoms with E-state index in [1.807, 2.05) is 0 Å². The third kappa shape index (κ3) is 3.22. The van der Waals surface area contributed by atoms with Crippen LogP contribution in [-0.4, -0.2) is 21.9 Å². The van der Waals surface area contributed by atoms with Crippen LogP contribution in [0.4, 0.5) is 0 Å². The van der Waals surface area contributed by atoms with Gasteiger partial charge in [-0.3, -0.25) is 4.90 Å². The molecule has 2 heterocycles. The van der Waals surface area contributed by atoms with Gasteiger partial charge in [0.1, 0.15) is 0 Å². The van der Waals surface area contributed by atoms with Crippen molar-refractivity contribution in [2.75, 3.05) is 7.05 Å². The molecule has 104 valence electrons. The summed E-state index contributed by atoms with van der Waals surface area (Å²) in [5.74, 6) is 0. The maximum Gasteiger partial charge on any atom is 0.0900 e. The van der Waals surface area contributed by atoms with Crippen LogP contribution < -0.4 is 0 Å². The maximum atomic E-state index is 4.67. The highest BCUT2D eigenvalue weighted by Crippen LogP contribution is 2.28. The summed E-state index contributed by atoms with van der Waals surface area (Å²) in [5.41, 5.74) is 2.37. The average Bonchev–Trinajstić information content (AvgIpc) is 2.80. The van der Waals surface area contributed by atoms with Crippen molar-refractivity contribution >= 4 is 22.7 Å². The molecule has 2 aromatic rings. The summed E-state index contributed by atoms with van der Waals surface area (Å²) in [6.07, 6.45) is 0. The Balaban J connectivity index is 2.13. The molecule has 2 aromatic heterocycles. The minimum Gasteiger partial charge on any atom is -0.293 e. The van der Waals surface area contributed by atoms with E-state index in [1.165, 1.54) is 15.4 Å². The zero-order valence-corrected chi connectivity index (χ0v) is 14.1. The molecule has 19 heavy (non-hydrogen) atoms. The van der Waals surface area contributed by atoms with Crippen molar-refractivity contribution in [2.45, 2.75) is 47.2 Å². The Morgan fingerprint density at radius 1 is 1.05 bits per heavy atom. The van der Waals surface area contributed by atoms with Crippen LogP contribution in [0.1, 0.15) is 44.1 Å². The van der Waals surface area contributed by atoms with Gasteiger partial charge in [0.05, 0.1) is 27.4 Å². The third-order valence-corrected chi connectivity index (χ3v) is 5.35. The Labute approximate surface area is 123 Å². The van der Waals surface area contributed by atoms with Crippen LogP contribution in [-0.2, 0) is 6.54 Å². The highest BCUT2D eigenvalue weighted by molar-refractivity contribution is 7.11. The van der Waals surface area contributed by atoms with Crippen LogP contribution in [0.5, 0.6) is 0 Å². The molecule has 0 radical (unpaired) electrons. The Hall–Kier alpha value is -0.780. The molecule has 1 unspecified atom stereocenters. The van der Waals surface area contributed by atoms with E-state index in [-0.39, 0.29) is 0 Å². The van der Waals surface area contributed by atoms with Gasteiger partial charge in [-0.2, -0.15) is 0 Å². The summed E-state index contributed by atoms with van der Waals surface area (Å²) in [4.78, 5) is 14.2. The van der Waals surface area contributed by atoms with Crippen molar-refractivity contribution in [3.8, 4) is 0 Å². The Kier molecular flexibility index (Phi) is 4.38. The van der Waals surface area contributed by atoms with E-state index in [0.29, 0.717) is 6.04 Å². The molecule has 0 amide bonds. The highest BCUT2D eigenvalue weighted by Gasteiger charge is 2.19. The summed E-state index contributed by atoms with van der Waals surface area (Å²) < 4.78 is 0. The first kappa shape index (κ1) is 14.6. The van der Waals surface area contributed by atoms with E-state index in [0.717, 1.165) is 22.3 Å². The molecule has 0 spiro atoms. The number of hydrogen-bond donors (Lipinski definition) is 0. The number of nitrogens with zero attached hydrogens (tertiary/aromatic N) is 3. The van der Waals surface area contributed by atoms with E-state index in [9.17, 15) is 0 Å². The van der Waals surface area contributed by atoms with Gasteiger partial charge >= 0.3 is 0 Å². The van der Waals surface area contributed by atoms with Gasteiger partial charge in [-0.15, -0.1) is 22.7 Å². The monoisotopic (exact) mass is 295 g/mol. The molecule has 0 saturated heterocycles. The smallest absolute Gasteiger partial charge is 0.0900 e. The topological polar surface area (TPSA) is 29.0 Å². The summed E-state index contributed by atoms with van der Waals surface area (Å²) >= 11 is 3.58. The lowest BCUT2D eigenvalue weighted by molar-refractivity contribution is 0.250. The molecule has 0 fully saturated rings. The molecule has 0 saturated carbocycles. The number of aryl methyl sites for hydroxylation is 4. The fourth-order valence-corrected chi connectivity index (χ4v) is 4.13. The second-order valence-corrected chi connectivity index (χ2v) is 7.70. The normalized spacial score (nSPS) is 13.2. The lowest BCUT2D eigenvalue weighted by Gasteiger charge is -2.23. The summed E-state index contributed by atoms with van der Waals surface area (Å²) in [6.45, 7) is 11.6. The molecule has 0 N–H and O–H groups in total. The highest BCUT2D eigenvalue weighted by atomic mass is 32.1. The van der Waals surface area contributed by atoms with Crippen molar-refractivity contribution < 1.29 is 0 Å². The molecule has 0 aliphatic rings. The number of hydrogen-bond acceptors (Lipinski definition) is 5. The van der Waals surface area contributed by atoms with Gasteiger partial charge in [-0.05, 0) is 41.7 Å². The summed E-state index contributed by atoms with van der Waals surface area (Å²) in [5, 5.41) is 2.30. The van der Waals surface area contributed by atoms with Crippen molar-refractivity contribution in [1.29, 1.82) is 0 Å². The predicted molar refractivity (Wildman–Crippen MR) is 83.1 cm³/mol. The molecule has 2 rings (SSSR count). The molecule has 0 aliphatic carbocycles. The fraction of sp³-hybridized carbons (Fsp3) is 0.571. The van der Waals surface area contributed by atoms with Crippen LogP contribution in [0, 0.1) is 27.7 Å². The van der Waals surface area contributed by atoms with E-state index in [1.54, 1.807) is 22.7 Å². The van der Waals surface area contributed by atoms with Gasteiger partial charge in [0.2, 0.25) is 0 Å². The maximum absolute atomic E-state index is 4.67. The largest absolute Gasteiger partial charge is 0.293 e.